The number of hydrogen-bond donors (Lipinski definition) is 0. The minimum atomic E-state index is -0.264. The van der Waals surface area contributed by atoms with E-state index in [9.17, 15) is 4.79 Å². The van der Waals surface area contributed by atoms with Gasteiger partial charge in [-0.3, -0.25) is 4.79 Å². The van der Waals surface area contributed by atoms with E-state index in [1.54, 1.807) is 0 Å². The number of carbonyl (C=O) groups is 1. The quantitative estimate of drug-likeness (QED) is 0.627. The molecule has 0 N–H and O–H groups in total. The first-order valence-electron chi connectivity index (χ1n) is 5.25. The molecule has 1 aliphatic rings. The molecule has 0 heterocycles. The highest BCUT2D eigenvalue weighted by Crippen LogP contribution is 2.22. The van der Waals surface area contributed by atoms with Crippen LogP contribution in [0.1, 0.15) is 40.0 Å². The van der Waals surface area contributed by atoms with Crippen LogP contribution in [0.25, 0.3) is 0 Å². The zero-order valence-electron chi connectivity index (χ0n) is 9.63. The first-order chi connectivity index (χ1) is 6.43. The van der Waals surface area contributed by atoms with Gasteiger partial charge in [-0.2, -0.15) is 0 Å². The second-order valence-electron chi connectivity index (χ2n) is 5.00. The summed E-state index contributed by atoms with van der Waals surface area (Å²) in [5, 5.41) is 0. The van der Waals surface area contributed by atoms with Gasteiger partial charge in [-0.1, -0.05) is 26.8 Å². The second-order valence-corrected chi connectivity index (χ2v) is 5.00. The van der Waals surface area contributed by atoms with Gasteiger partial charge in [0, 0.05) is 18.5 Å². The van der Waals surface area contributed by atoms with Crippen molar-refractivity contribution >= 4 is 5.91 Å². The number of carbonyl (C=O) groups excluding carboxylic acids is 1. The zero-order chi connectivity index (χ0) is 10.8. The summed E-state index contributed by atoms with van der Waals surface area (Å²) in [6.07, 6.45) is 8.23. The van der Waals surface area contributed by atoms with Crippen LogP contribution >= 0.6 is 0 Å². The third-order valence-corrected chi connectivity index (χ3v) is 2.67. The number of nitrogens with zero attached hydrogens (tertiary/aromatic N) is 1. The molecule has 0 aliphatic heterocycles. The molecule has 0 aromatic carbocycles. The zero-order valence-corrected chi connectivity index (χ0v) is 9.63. The molecule has 1 aliphatic carbocycles. The van der Waals surface area contributed by atoms with Gasteiger partial charge in [-0.15, -0.1) is 0 Å². The average Bonchev–Trinajstić information content (AvgIpc) is 2.15. The van der Waals surface area contributed by atoms with E-state index >= 15 is 0 Å². The molecular weight excluding hydrogens is 174 g/mol. The Morgan fingerprint density at radius 3 is 2.57 bits per heavy atom. The standard InChI is InChI=1S/C12H20NO/c1-12(2,3)11(14)13(4)10-8-6-5-7-9-10/h6,10H,7-9H2,1-4H3. The van der Waals surface area contributed by atoms with E-state index in [0.717, 1.165) is 19.3 Å². The molecule has 2 heteroatoms. The highest BCUT2D eigenvalue weighted by Gasteiger charge is 2.29. The van der Waals surface area contributed by atoms with Crippen molar-refractivity contribution in [1.29, 1.82) is 0 Å². The van der Waals surface area contributed by atoms with Gasteiger partial charge in [0.2, 0.25) is 5.91 Å². The molecule has 0 bridgehead atoms. The number of amides is 1. The third kappa shape index (κ3) is 2.60. The smallest absolute Gasteiger partial charge is 0.227 e. The highest BCUT2D eigenvalue weighted by atomic mass is 16.2. The molecule has 1 amide bonds. The molecule has 79 valence electrons. The van der Waals surface area contributed by atoms with Gasteiger partial charge in [0.05, 0.1) is 0 Å². The van der Waals surface area contributed by atoms with Gasteiger partial charge < -0.3 is 4.90 Å². The Morgan fingerprint density at radius 1 is 1.50 bits per heavy atom. The minimum absolute atomic E-state index is 0.234. The van der Waals surface area contributed by atoms with Crippen LogP contribution in [0.2, 0.25) is 0 Å². The summed E-state index contributed by atoms with van der Waals surface area (Å²) in [5.41, 5.74) is -0.264. The van der Waals surface area contributed by atoms with Crippen LogP contribution in [-0.4, -0.2) is 23.9 Å². The van der Waals surface area contributed by atoms with Crippen LogP contribution in [0.4, 0.5) is 0 Å². The molecule has 14 heavy (non-hydrogen) atoms. The van der Waals surface area contributed by atoms with E-state index < -0.39 is 0 Å². The third-order valence-electron chi connectivity index (χ3n) is 2.67. The largest absolute Gasteiger partial charge is 0.342 e. The SMILES string of the molecule is CN(C(=O)C(C)(C)C)C1CC=[C]CC1. The Bertz CT molecular complexity index is 237. The molecule has 1 atom stereocenters. The van der Waals surface area contributed by atoms with Crippen molar-refractivity contribution in [2.45, 2.75) is 46.1 Å². The second kappa shape index (κ2) is 4.16. The van der Waals surface area contributed by atoms with Crippen molar-refractivity contribution in [3.63, 3.8) is 0 Å². The van der Waals surface area contributed by atoms with Crippen LogP contribution in [-0.2, 0) is 4.79 Å². The highest BCUT2D eigenvalue weighted by molar-refractivity contribution is 5.81. The lowest BCUT2D eigenvalue weighted by atomic mass is 9.92. The molecular formula is C12H20NO. The van der Waals surface area contributed by atoms with Crippen LogP contribution in [0.5, 0.6) is 0 Å². The fourth-order valence-corrected chi connectivity index (χ4v) is 1.74. The van der Waals surface area contributed by atoms with E-state index in [4.69, 9.17) is 0 Å². The lowest BCUT2D eigenvalue weighted by Gasteiger charge is -2.33. The minimum Gasteiger partial charge on any atom is -0.342 e. The Hall–Kier alpha value is -0.790. The van der Waals surface area contributed by atoms with Crippen molar-refractivity contribution < 1.29 is 4.79 Å². The Balaban J connectivity index is 2.60. The lowest BCUT2D eigenvalue weighted by molar-refractivity contribution is -0.140. The van der Waals surface area contributed by atoms with E-state index in [2.05, 4.69) is 12.2 Å². The van der Waals surface area contributed by atoms with Crippen molar-refractivity contribution in [2.24, 2.45) is 5.41 Å². The van der Waals surface area contributed by atoms with E-state index in [1.807, 2.05) is 32.7 Å². The van der Waals surface area contributed by atoms with Crippen LogP contribution in [0, 0.1) is 11.5 Å². The average molecular weight is 194 g/mol. The van der Waals surface area contributed by atoms with Gasteiger partial charge in [0.25, 0.3) is 0 Å². The van der Waals surface area contributed by atoms with Crippen LogP contribution in [0.3, 0.4) is 0 Å². The van der Waals surface area contributed by atoms with Gasteiger partial charge >= 0.3 is 0 Å². The van der Waals surface area contributed by atoms with E-state index in [0.29, 0.717) is 6.04 Å². The van der Waals surface area contributed by atoms with Crippen molar-refractivity contribution in [3.8, 4) is 0 Å². The summed E-state index contributed by atoms with van der Waals surface area (Å²) in [4.78, 5) is 13.9. The fraction of sp³-hybridized carbons (Fsp3) is 0.750. The summed E-state index contributed by atoms with van der Waals surface area (Å²) in [5.74, 6) is 0.234. The predicted octanol–water partition coefficient (Wildman–Crippen LogP) is 2.40. The molecule has 1 unspecified atom stereocenters. The maximum Gasteiger partial charge on any atom is 0.227 e. The van der Waals surface area contributed by atoms with Crippen molar-refractivity contribution in [3.05, 3.63) is 12.2 Å². The van der Waals surface area contributed by atoms with E-state index in [-0.39, 0.29) is 11.3 Å². The van der Waals surface area contributed by atoms with Crippen LogP contribution in [0.15, 0.2) is 6.08 Å². The summed E-state index contributed by atoms with van der Waals surface area (Å²) in [7, 11) is 1.91. The first kappa shape index (κ1) is 11.3. The Morgan fingerprint density at radius 2 is 2.14 bits per heavy atom. The molecule has 0 saturated heterocycles. The summed E-state index contributed by atoms with van der Waals surface area (Å²) in [6, 6.07) is 0.378. The van der Waals surface area contributed by atoms with Crippen molar-refractivity contribution in [1.82, 2.24) is 4.90 Å². The Kier molecular flexibility index (Phi) is 3.35. The lowest BCUT2D eigenvalue weighted by Crippen LogP contribution is -2.43. The number of hydrogen-bond acceptors (Lipinski definition) is 1. The summed E-state index contributed by atoms with van der Waals surface area (Å²) in [6.45, 7) is 5.91. The van der Waals surface area contributed by atoms with Gasteiger partial charge in [-0.05, 0) is 25.3 Å². The van der Waals surface area contributed by atoms with Crippen LogP contribution < -0.4 is 0 Å². The topological polar surface area (TPSA) is 20.3 Å². The molecule has 0 saturated carbocycles. The predicted molar refractivity (Wildman–Crippen MR) is 57.7 cm³/mol. The van der Waals surface area contributed by atoms with E-state index in [1.165, 1.54) is 0 Å². The molecule has 0 aromatic heterocycles. The molecule has 1 radical (unpaired) electrons. The monoisotopic (exact) mass is 194 g/mol. The first-order valence-corrected chi connectivity index (χ1v) is 5.25. The van der Waals surface area contributed by atoms with Gasteiger partial charge in [0.1, 0.15) is 0 Å². The maximum absolute atomic E-state index is 12.0. The van der Waals surface area contributed by atoms with Gasteiger partial charge in [-0.25, -0.2) is 0 Å². The van der Waals surface area contributed by atoms with Crippen molar-refractivity contribution in [2.75, 3.05) is 7.05 Å². The number of rotatable bonds is 1. The Labute approximate surface area is 87.0 Å². The molecule has 0 spiro atoms. The number of allylic oxidation sites excluding steroid dienone is 1. The fourth-order valence-electron chi connectivity index (χ4n) is 1.74. The summed E-state index contributed by atoms with van der Waals surface area (Å²) >= 11 is 0. The molecule has 1 rings (SSSR count). The normalized spacial score (nSPS) is 22.1. The maximum atomic E-state index is 12.0. The molecule has 0 fully saturated rings. The molecule has 0 aromatic rings. The summed E-state index contributed by atoms with van der Waals surface area (Å²) < 4.78 is 0. The molecule has 2 nitrogen and oxygen atoms in total. The van der Waals surface area contributed by atoms with Gasteiger partial charge in [0.15, 0.2) is 0 Å².